The molecular weight excluding hydrogens is 302 g/mol. The van der Waals surface area contributed by atoms with Crippen molar-refractivity contribution in [3.8, 4) is 17.0 Å². The number of fused-ring (bicyclic) bond motifs is 1. The monoisotopic (exact) mass is 321 g/mol. The van der Waals surface area contributed by atoms with Gasteiger partial charge in [-0.1, -0.05) is 12.1 Å². The number of carbonyl (C=O) groups is 1. The van der Waals surface area contributed by atoms with E-state index in [0.29, 0.717) is 17.7 Å². The summed E-state index contributed by atoms with van der Waals surface area (Å²) < 4.78 is 5.45. The molecule has 1 heterocycles. The minimum atomic E-state index is -0.941. The summed E-state index contributed by atoms with van der Waals surface area (Å²) in [6.45, 7) is 6.40. The fraction of sp³-hybridized carbons (Fsp3) is 0.200. The Balaban J connectivity index is 2.22. The van der Waals surface area contributed by atoms with Crippen LogP contribution in [0.4, 0.5) is 0 Å². The fourth-order valence-electron chi connectivity index (χ4n) is 2.85. The third kappa shape index (κ3) is 2.83. The lowest BCUT2D eigenvalue weighted by molar-refractivity contribution is 0.0699. The van der Waals surface area contributed by atoms with Crippen LogP contribution in [0.25, 0.3) is 22.2 Å². The van der Waals surface area contributed by atoms with Gasteiger partial charge in [-0.25, -0.2) is 9.78 Å². The molecule has 3 aromatic rings. The van der Waals surface area contributed by atoms with Gasteiger partial charge in [0.15, 0.2) is 0 Å². The molecule has 0 saturated carbocycles. The molecule has 0 aliphatic heterocycles. The molecule has 0 fully saturated rings. The number of hydrogen-bond acceptors (Lipinski definition) is 3. The van der Waals surface area contributed by atoms with Gasteiger partial charge < -0.3 is 9.84 Å². The number of carboxylic acids is 1. The van der Waals surface area contributed by atoms with Crippen molar-refractivity contribution >= 4 is 16.9 Å². The van der Waals surface area contributed by atoms with E-state index >= 15 is 0 Å². The van der Waals surface area contributed by atoms with Gasteiger partial charge in [0.05, 0.1) is 23.4 Å². The largest absolute Gasteiger partial charge is 0.494 e. The molecule has 0 saturated heterocycles. The summed E-state index contributed by atoms with van der Waals surface area (Å²) in [5, 5.41) is 10.3. The van der Waals surface area contributed by atoms with Gasteiger partial charge in [0.1, 0.15) is 5.75 Å². The third-order valence-corrected chi connectivity index (χ3v) is 4.06. The molecule has 0 atom stereocenters. The topological polar surface area (TPSA) is 59.4 Å². The van der Waals surface area contributed by atoms with Gasteiger partial charge in [-0.3, -0.25) is 0 Å². The first-order chi connectivity index (χ1) is 11.5. The van der Waals surface area contributed by atoms with Crippen molar-refractivity contribution in [3.05, 3.63) is 59.2 Å². The van der Waals surface area contributed by atoms with Crippen molar-refractivity contribution in [2.45, 2.75) is 20.8 Å². The van der Waals surface area contributed by atoms with E-state index in [1.54, 1.807) is 6.07 Å². The highest BCUT2D eigenvalue weighted by atomic mass is 16.5. The van der Waals surface area contributed by atoms with E-state index in [9.17, 15) is 9.90 Å². The van der Waals surface area contributed by atoms with Crippen molar-refractivity contribution in [1.82, 2.24) is 4.98 Å². The van der Waals surface area contributed by atoms with Gasteiger partial charge in [-0.05, 0) is 62.2 Å². The average Bonchev–Trinajstić information content (AvgIpc) is 2.58. The maximum absolute atomic E-state index is 11.8. The minimum absolute atomic E-state index is 0.282. The van der Waals surface area contributed by atoms with Crippen LogP contribution in [0.3, 0.4) is 0 Å². The molecular formula is C20H19NO3. The van der Waals surface area contributed by atoms with Crippen molar-refractivity contribution in [3.63, 3.8) is 0 Å². The van der Waals surface area contributed by atoms with E-state index < -0.39 is 5.97 Å². The van der Waals surface area contributed by atoms with Gasteiger partial charge >= 0.3 is 5.97 Å². The zero-order chi connectivity index (χ0) is 17.3. The maximum Gasteiger partial charge on any atom is 0.336 e. The average molecular weight is 321 g/mol. The van der Waals surface area contributed by atoms with Gasteiger partial charge in [0.2, 0.25) is 0 Å². The van der Waals surface area contributed by atoms with E-state index in [-0.39, 0.29) is 5.56 Å². The van der Waals surface area contributed by atoms with Crippen LogP contribution in [0.1, 0.15) is 28.4 Å². The number of pyridine rings is 1. The summed E-state index contributed by atoms with van der Waals surface area (Å²) in [6, 6.07) is 13.1. The van der Waals surface area contributed by atoms with Crippen molar-refractivity contribution < 1.29 is 14.6 Å². The number of rotatable bonds is 4. The molecule has 1 aromatic heterocycles. The van der Waals surface area contributed by atoms with Gasteiger partial charge in [0.25, 0.3) is 0 Å². The summed E-state index contributed by atoms with van der Waals surface area (Å²) in [6.07, 6.45) is 0. The highest BCUT2D eigenvalue weighted by Crippen LogP contribution is 2.29. The predicted octanol–water partition coefficient (Wildman–Crippen LogP) is 4.62. The summed E-state index contributed by atoms with van der Waals surface area (Å²) in [5.41, 5.74) is 4.41. The first-order valence-corrected chi connectivity index (χ1v) is 7.88. The van der Waals surface area contributed by atoms with Crippen LogP contribution in [-0.2, 0) is 0 Å². The standard InChI is InChI=1S/C20H19NO3/c1-4-24-15-9-7-14(8-10-15)17-11-16(20(22)23)18-12(2)5-6-13(3)19(18)21-17/h5-11H,4H2,1-3H3,(H,22,23). The quantitative estimate of drug-likeness (QED) is 0.762. The number of nitrogens with zero attached hydrogens (tertiary/aromatic N) is 1. The molecule has 2 aromatic carbocycles. The number of hydrogen-bond donors (Lipinski definition) is 1. The Morgan fingerprint density at radius 2 is 1.75 bits per heavy atom. The molecule has 0 aliphatic carbocycles. The zero-order valence-corrected chi connectivity index (χ0v) is 14.0. The highest BCUT2D eigenvalue weighted by Gasteiger charge is 2.16. The Kier molecular flexibility index (Phi) is 4.21. The van der Waals surface area contributed by atoms with Gasteiger partial charge in [0, 0.05) is 10.9 Å². The maximum atomic E-state index is 11.8. The molecule has 1 N–H and O–H groups in total. The number of benzene rings is 2. The molecule has 0 radical (unpaired) electrons. The molecule has 24 heavy (non-hydrogen) atoms. The molecule has 0 spiro atoms. The number of aromatic carboxylic acids is 1. The lowest BCUT2D eigenvalue weighted by Crippen LogP contribution is -2.02. The summed E-state index contributed by atoms with van der Waals surface area (Å²) in [4.78, 5) is 16.5. The Morgan fingerprint density at radius 3 is 2.38 bits per heavy atom. The first-order valence-electron chi connectivity index (χ1n) is 7.88. The molecule has 0 aliphatic rings. The fourth-order valence-corrected chi connectivity index (χ4v) is 2.85. The molecule has 4 nitrogen and oxygen atoms in total. The predicted molar refractivity (Wildman–Crippen MR) is 94.8 cm³/mol. The second-order valence-corrected chi connectivity index (χ2v) is 5.74. The molecule has 122 valence electrons. The summed E-state index contributed by atoms with van der Waals surface area (Å²) in [7, 11) is 0. The van der Waals surface area contributed by atoms with Crippen LogP contribution in [0.5, 0.6) is 5.75 Å². The molecule has 4 heteroatoms. The molecule has 0 bridgehead atoms. The highest BCUT2D eigenvalue weighted by molar-refractivity contribution is 6.05. The number of ether oxygens (including phenoxy) is 1. The van der Waals surface area contributed by atoms with Crippen LogP contribution < -0.4 is 4.74 Å². The van der Waals surface area contributed by atoms with E-state index in [2.05, 4.69) is 0 Å². The summed E-state index contributed by atoms with van der Waals surface area (Å²) >= 11 is 0. The SMILES string of the molecule is CCOc1ccc(-c2cc(C(=O)O)c3c(C)ccc(C)c3n2)cc1. The Bertz CT molecular complexity index is 914. The van der Waals surface area contributed by atoms with Gasteiger partial charge in [-0.15, -0.1) is 0 Å². The Labute approximate surface area is 140 Å². The smallest absolute Gasteiger partial charge is 0.336 e. The lowest BCUT2D eigenvalue weighted by atomic mass is 9.98. The van der Waals surface area contributed by atoms with E-state index in [4.69, 9.17) is 9.72 Å². The van der Waals surface area contributed by atoms with Crippen molar-refractivity contribution in [2.75, 3.05) is 6.61 Å². The number of aromatic nitrogens is 1. The van der Waals surface area contributed by atoms with E-state index in [1.807, 2.05) is 57.2 Å². The second kappa shape index (κ2) is 6.32. The van der Waals surface area contributed by atoms with E-state index in [1.165, 1.54) is 0 Å². The Hall–Kier alpha value is -2.88. The van der Waals surface area contributed by atoms with Crippen LogP contribution in [0.15, 0.2) is 42.5 Å². The number of carboxylic acid groups (broad SMARTS) is 1. The lowest BCUT2D eigenvalue weighted by Gasteiger charge is -2.12. The van der Waals surface area contributed by atoms with Gasteiger partial charge in [-0.2, -0.15) is 0 Å². The van der Waals surface area contributed by atoms with E-state index in [0.717, 1.165) is 28.0 Å². The van der Waals surface area contributed by atoms with Crippen molar-refractivity contribution in [2.24, 2.45) is 0 Å². The Morgan fingerprint density at radius 1 is 1.08 bits per heavy atom. The normalized spacial score (nSPS) is 10.8. The van der Waals surface area contributed by atoms with Crippen LogP contribution in [-0.4, -0.2) is 22.7 Å². The first kappa shape index (κ1) is 16.0. The van der Waals surface area contributed by atoms with Crippen LogP contribution in [0, 0.1) is 13.8 Å². The zero-order valence-electron chi connectivity index (χ0n) is 14.0. The second-order valence-electron chi connectivity index (χ2n) is 5.74. The molecule has 3 rings (SSSR count). The van der Waals surface area contributed by atoms with Crippen molar-refractivity contribution in [1.29, 1.82) is 0 Å². The third-order valence-electron chi connectivity index (χ3n) is 4.06. The number of aryl methyl sites for hydroxylation is 2. The van der Waals surface area contributed by atoms with Crippen LogP contribution in [0.2, 0.25) is 0 Å². The molecule has 0 unspecified atom stereocenters. The molecule has 0 amide bonds. The minimum Gasteiger partial charge on any atom is -0.494 e. The summed E-state index contributed by atoms with van der Waals surface area (Å²) in [5.74, 6) is -0.157. The van der Waals surface area contributed by atoms with Crippen LogP contribution >= 0.6 is 0 Å².